The van der Waals surface area contributed by atoms with Crippen molar-refractivity contribution in [2.24, 2.45) is 0 Å². The molecule has 0 unspecified atom stereocenters. The predicted molar refractivity (Wildman–Crippen MR) is 99.8 cm³/mol. The van der Waals surface area contributed by atoms with Gasteiger partial charge in [0.15, 0.2) is 0 Å². The molecule has 3 rings (SSSR count). The van der Waals surface area contributed by atoms with Crippen LogP contribution in [0.3, 0.4) is 0 Å². The van der Waals surface area contributed by atoms with Gasteiger partial charge in [-0.25, -0.2) is 4.79 Å². The number of carbonyl (C=O) groups is 2. The Balaban J connectivity index is 1.84. The first kappa shape index (κ1) is 18.4. The van der Waals surface area contributed by atoms with Crippen LogP contribution in [0.1, 0.15) is 27.2 Å². The highest BCUT2D eigenvalue weighted by Gasteiger charge is 2.52. The van der Waals surface area contributed by atoms with Crippen LogP contribution in [0.2, 0.25) is 0 Å². The largest absolute Gasteiger partial charge is 0.481 e. The summed E-state index contributed by atoms with van der Waals surface area (Å²) in [6, 6.07) is 8.01. The number of benzene rings is 1. The van der Waals surface area contributed by atoms with Gasteiger partial charge >= 0.3 is 12.1 Å². The van der Waals surface area contributed by atoms with Gasteiger partial charge in [-0.1, -0.05) is 12.1 Å². The van der Waals surface area contributed by atoms with Crippen LogP contribution in [0.15, 0.2) is 24.3 Å². The zero-order chi connectivity index (χ0) is 19.1. The third kappa shape index (κ3) is 3.43. The van der Waals surface area contributed by atoms with E-state index in [0.717, 1.165) is 24.5 Å². The molecule has 0 aromatic heterocycles. The molecule has 0 saturated carbocycles. The SMILES string of the molecule is CN1CCN(C2(CC(=O)O)CN(C(=O)OC(C)(C)C)C2)c2ccccc21. The lowest BCUT2D eigenvalue weighted by atomic mass is 9.83. The van der Waals surface area contributed by atoms with Gasteiger partial charge in [-0.15, -0.1) is 0 Å². The van der Waals surface area contributed by atoms with Crippen molar-refractivity contribution in [3.63, 3.8) is 0 Å². The van der Waals surface area contributed by atoms with Gasteiger partial charge in [-0.2, -0.15) is 0 Å². The van der Waals surface area contributed by atoms with Crippen LogP contribution in [-0.4, -0.2) is 66.4 Å². The van der Waals surface area contributed by atoms with Crippen LogP contribution in [0, 0.1) is 0 Å². The Morgan fingerprint density at radius 1 is 1.15 bits per heavy atom. The van der Waals surface area contributed by atoms with E-state index in [9.17, 15) is 14.7 Å². The Bertz CT molecular complexity index is 707. The molecule has 26 heavy (non-hydrogen) atoms. The summed E-state index contributed by atoms with van der Waals surface area (Å²) in [6.07, 6.45) is -0.398. The van der Waals surface area contributed by atoms with Crippen molar-refractivity contribution in [1.82, 2.24) is 4.90 Å². The number of likely N-dealkylation sites (tertiary alicyclic amines) is 1. The van der Waals surface area contributed by atoms with Crippen LogP contribution >= 0.6 is 0 Å². The monoisotopic (exact) mass is 361 g/mol. The molecule has 2 heterocycles. The molecule has 0 radical (unpaired) electrons. The number of rotatable bonds is 3. The Kier molecular flexibility index (Phi) is 4.50. The lowest BCUT2D eigenvalue weighted by molar-refractivity contribution is -0.140. The van der Waals surface area contributed by atoms with Gasteiger partial charge in [-0.05, 0) is 32.9 Å². The average molecular weight is 361 g/mol. The minimum atomic E-state index is -0.856. The molecule has 0 aliphatic carbocycles. The van der Waals surface area contributed by atoms with Crippen LogP contribution in [0.25, 0.3) is 0 Å². The fourth-order valence-corrected chi connectivity index (χ4v) is 3.78. The second-order valence-corrected chi connectivity index (χ2v) is 8.19. The van der Waals surface area contributed by atoms with Crippen LogP contribution < -0.4 is 9.80 Å². The number of hydrogen-bond acceptors (Lipinski definition) is 5. The number of carbonyl (C=O) groups excluding carboxylic acids is 1. The van der Waals surface area contributed by atoms with E-state index in [2.05, 4.69) is 9.80 Å². The molecule has 1 N–H and O–H groups in total. The summed E-state index contributed by atoms with van der Waals surface area (Å²) in [5, 5.41) is 9.48. The highest BCUT2D eigenvalue weighted by atomic mass is 16.6. The minimum absolute atomic E-state index is 0.00958. The normalized spacial score (nSPS) is 18.8. The summed E-state index contributed by atoms with van der Waals surface area (Å²) in [6.45, 7) is 7.72. The number of nitrogens with zero attached hydrogens (tertiary/aromatic N) is 3. The predicted octanol–water partition coefficient (Wildman–Crippen LogP) is 2.41. The molecule has 0 atom stereocenters. The van der Waals surface area contributed by atoms with E-state index < -0.39 is 17.1 Å². The van der Waals surface area contributed by atoms with Gasteiger partial charge in [0.2, 0.25) is 0 Å². The van der Waals surface area contributed by atoms with Crippen molar-refractivity contribution in [2.45, 2.75) is 38.3 Å². The van der Waals surface area contributed by atoms with Crippen molar-refractivity contribution in [2.75, 3.05) is 43.0 Å². The summed E-state index contributed by atoms with van der Waals surface area (Å²) in [5.41, 5.74) is 0.938. The number of aliphatic carboxylic acids is 1. The fraction of sp³-hybridized carbons (Fsp3) is 0.579. The number of amides is 1. The first-order valence-electron chi connectivity index (χ1n) is 8.89. The lowest BCUT2D eigenvalue weighted by Gasteiger charge is -2.57. The third-order valence-electron chi connectivity index (χ3n) is 4.92. The van der Waals surface area contributed by atoms with E-state index in [4.69, 9.17) is 4.74 Å². The zero-order valence-electron chi connectivity index (χ0n) is 15.9. The maximum Gasteiger partial charge on any atom is 0.410 e. The molecule has 1 aromatic carbocycles. The average Bonchev–Trinajstić information content (AvgIpc) is 2.49. The van der Waals surface area contributed by atoms with Crippen LogP contribution in [0.4, 0.5) is 16.2 Å². The number of hydrogen-bond donors (Lipinski definition) is 1. The van der Waals surface area contributed by atoms with Gasteiger partial charge in [0.05, 0.1) is 23.3 Å². The molecule has 142 valence electrons. The highest BCUT2D eigenvalue weighted by Crippen LogP contribution is 2.41. The molecule has 2 aliphatic rings. The molecule has 1 saturated heterocycles. The van der Waals surface area contributed by atoms with Crippen molar-refractivity contribution in [3.05, 3.63) is 24.3 Å². The number of fused-ring (bicyclic) bond motifs is 1. The van der Waals surface area contributed by atoms with E-state index in [-0.39, 0.29) is 12.5 Å². The maximum atomic E-state index is 12.3. The first-order valence-corrected chi connectivity index (χ1v) is 8.89. The van der Waals surface area contributed by atoms with Crippen LogP contribution in [0.5, 0.6) is 0 Å². The molecular formula is C19H27N3O4. The maximum absolute atomic E-state index is 12.3. The first-order chi connectivity index (χ1) is 12.1. The molecule has 7 heteroatoms. The third-order valence-corrected chi connectivity index (χ3v) is 4.92. The Morgan fingerprint density at radius 2 is 1.77 bits per heavy atom. The molecule has 2 aliphatic heterocycles. The second-order valence-electron chi connectivity index (χ2n) is 8.19. The van der Waals surface area contributed by atoms with Crippen molar-refractivity contribution >= 4 is 23.4 Å². The summed E-state index contributed by atoms with van der Waals surface area (Å²) in [4.78, 5) is 29.8. The quantitative estimate of drug-likeness (QED) is 0.891. The molecule has 1 aromatic rings. The number of likely N-dealkylation sites (N-methyl/N-ethyl adjacent to an activating group) is 1. The smallest absolute Gasteiger partial charge is 0.410 e. The Hall–Kier alpha value is -2.44. The van der Waals surface area contributed by atoms with Gasteiger partial charge in [0.25, 0.3) is 0 Å². The van der Waals surface area contributed by atoms with E-state index in [1.54, 1.807) is 4.90 Å². The van der Waals surface area contributed by atoms with Crippen LogP contribution in [-0.2, 0) is 9.53 Å². The highest BCUT2D eigenvalue weighted by molar-refractivity contribution is 5.79. The summed E-state index contributed by atoms with van der Waals surface area (Å²) in [5.74, 6) is -0.856. The van der Waals surface area contributed by atoms with Crippen molar-refractivity contribution in [1.29, 1.82) is 0 Å². The van der Waals surface area contributed by atoms with Gasteiger partial charge in [0, 0.05) is 33.2 Å². The Morgan fingerprint density at radius 3 is 2.35 bits per heavy atom. The van der Waals surface area contributed by atoms with E-state index in [0.29, 0.717) is 13.1 Å². The standard InChI is InChI=1S/C19H27N3O4/c1-18(2,3)26-17(25)21-12-19(13-21,11-16(23)24)22-10-9-20(4)14-7-5-6-8-15(14)22/h5-8H,9-13H2,1-4H3,(H,23,24). The molecule has 0 bridgehead atoms. The molecule has 0 spiro atoms. The van der Waals surface area contributed by atoms with Gasteiger partial charge in [0.1, 0.15) is 5.60 Å². The second kappa shape index (κ2) is 6.37. The molecule has 1 amide bonds. The number of carboxylic acids is 1. The summed E-state index contributed by atoms with van der Waals surface area (Å²) in [7, 11) is 2.04. The topological polar surface area (TPSA) is 73.3 Å². The Labute approximate surface area is 154 Å². The van der Waals surface area contributed by atoms with E-state index in [1.807, 2.05) is 52.1 Å². The van der Waals surface area contributed by atoms with Crippen molar-refractivity contribution < 1.29 is 19.4 Å². The number of carboxylic acid groups (broad SMARTS) is 1. The number of ether oxygens (including phenoxy) is 1. The van der Waals surface area contributed by atoms with E-state index in [1.165, 1.54) is 0 Å². The van der Waals surface area contributed by atoms with E-state index >= 15 is 0 Å². The minimum Gasteiger partial charge on any atom is -0.481 e. The molecular weight excluding hydrogens is 334 g/mol. The van der Waals surface area contributed by atoms with Gasteiger partial charge in [-0.3, -0.25) is 4.79 Å². The zero-order valence-corrected chi connectivity index (χ0v) is 15.9. The molecule has 7 nitrogen and oxygen atoms in total. The van der Waals surface area contributed by atoms with Crippen molar-refractivity contribution in [3.8, 4) is 0 Å². The number of anilines is 2. The summed E-state index contributed by atoms with van der Waals surface area (Å²) < 4.78 is 5.43. The molecule has 1 fully saturated rings. The lowest BCUT2D eigenvalue weighted by Crippen LogP contribution is -2.73. The summed E-state index contributed by atoms with van der Waals surface area (Å²) >= 11 is 0. The number of para-hydroxylation sites is 2. The fourth-order valence-electron chi connectivity index (χ4n) is 3.78. The van der Waals surface area contributed by atoms with Gasteiger partial charge < -0.3 is 24.5 Å².